The number of halogens is 1. The van der Waals surface area contributed by atoms with Gasteiger partial charge in [0.05, 0.1) is 25.7 Å². The predicted molar refractivity (Wildman–Crippen MR) is 59.3 cm³/mol. The van der Waals surface area contributed by atoms with E-state index in [0.29, 0.717) is 19.0 Å². The Morgan fingerprint density at radius 3 is 2.67 bits per heavy atom. The topological polar surface area (TPSA) is 18.5 Å². The molecule has 2 nitrogen and oxygen atoms in total. The van der Waals surface area contributed by atoms with Crippen molar-refractivity contribution in [2.24, 2.45) is 0 Å². The molecule has 2 rings (SSSR count). The smallest absolute Gasteiger partial charge is 0.165 e. The van der Waals surface area contributed by atoms with Crippen molar-refractivity contribution in [3.63, 3.8) is 0 Å². The summed E-state index contributed by atoms with van der Waals surface area (Å²) in [6, 6.07) is 5.03. The normalized spacial score (nSPS) is 18.3. The van der Waals surface area contributed by atoms with Crippen LogP contribution in [0.1, 0.15) is 5.56 Å². The summed E-state index contributed by atoms with van der Waals surface area (Å²) in [5, 5.41) is 0. The third kappa shape index (κ3) is 1.72. The summed E-state index contributed by atoms with van der Waals surface area (Å²) in [5.74, 6) is 0.607. The van der Waals surface area contributed by atoms with Crippen molar-refractivity contribution in [1.82, 2.24) is 0 Å². The van der Waals surface area contributed by atoms with E-state index in [9.17, 15) is 4.39 Å². The molecule has 0 atom stereocenters. The molecule has 1 heterocycles. The van der Waals surface area contributed by atoms with E-state index in [-0.39, 0.29) is 17.0 Å². The Kier molecular flexibility index (Phi) is 2.89. The first-order chi connectivity index (χ1) is 7.22. The van der Waals surface area contributed by atoms with Gasteiger partial charge in [0.15, 0.2) is 11.6 Å². The molecule has 1 aromatic rings. The molecule has 0 aliphatic carbocycles. The highest BCUT2D eigenvalue weighted by Crippen LogP contribution is 2.35. The van der Waals surface area contributed by atoms with E-state index in [2.05, 4.69) is 12.6 Å². The first-order valence-corrected chi connectivity index (χ1v) is 5.38. The quantitative estimate of drug-likeness (QED) is 0.798. The minimum Gasteiger partial charge on any atom is -0.494 e. The van der Waals surface area contributed by atoms with Crippen molar-refractivity contribution in [2.45, 2.75) is 5.41 Å². The van der Waals surface area contributed by atoms with E-state index in [1.165, 1.54) is 13.2 Å². The van der Waals surface area contributed by atoms with Gasteiger partial charge in [-0.25, -0.2) is 4.39 Å². The number of thiol groups is 1. The summed E-state index contributed by atoms with van der Waals surface area (Å²) in [7, 11) is 1.46. The lowest BCUT2D eigenvalue weighted by Gasteiger charge is -2.40. The predicted octanol–water partition coefficient (Wildman–Crippen LogP) is 2.03. The minimum atomic E-state index is -0.331. The summed E-state index contributed by atoms with van der Waals surface area (Å²) < 4.78 is 23.5. The van der Waals surface area contributed by atoms with Gasteiger partial charge in [0.25, 0.3) is 0 Å². The van der Waals surface area contributed by atoms with Crippen LogP contribution in [0, 0.1) is 5.82 Å². The Bertz CT molecular complexity index is 358. The van der Waals surface area contributed by atoms with Gasteiger partial charge in [-0.1, -0.05) is 6.07 Å². The molecular weight excluding hydrogens is 215 g/mol. The second-order valence-corrected chi connectivity index (χ2v) is 4.10. The molecule has 0 spiro atoms. The van der Waals surface area contributed by atoms with Gasteiger partial charge >= 0.3 is 0 Å². The van der Waals surface area contributed by atoms with Crippen molar-refractivity contribution in [3.05, 3.63) is 29.6 Å². The number of hydrogen-bond acceptors (Lipinski definition) is 3. The van der Waals surface area contributed by atoms with Crippen LogP contribution in [0.3, 0.4) is 0 Å². The Morgan fingerprint density at radius 2 is 2.27 bits per heavy atom. The lowest BCUT2D eigenvalue weighted by Crippen LogP contribution is -2.48. The number of rotatable bonds is 3. The summed E-state index contributed by atoms with van der Waals surface area (Å²) in [5.41, 5.74) is 0.818. The third-order valence-electron chi connectivity index (χ3n) is 2.82. The second-order valence-electron chi connectivity index (χ2n) is 3.78. The minimum absolute atomic E-state index is 0.115. The molecule has 0 aromatic heterocycles. The molecule has 0 radical (unpaired) electrons. The summed E-state index contributed by atoms with van der Waals surface area (Å²) >= 11 is 4.29. The van der Waals surface area contributed by atoms with Crippen molar-refractivity contribution < 1.29 is 13.9 Å². The van der Waals surface area contributed by atoms with Gasteiger partial charge in [0, 0.05) is 5.75 Å². The standard InChI is InChI=1S/C11H13FO2S/c1-13-10-3-2-8(4-9(10)12)11(7-15)5-14-6-11/h2-4,15H,5-7H2,1H3. The van der Waals surface area contributed by atoms with E-state index < -0.39 is 0 Å². The zero-order valence-corrected chi connectivity index (χ0v) is 9.39. The largest absolute Gasteiger partial charge is 0.494 e. The molecule has 1 aromatic carbocycles. The zero-order chi connectivity index (χ0) is 10.9. The van der Waals surface area contributed by atoms with Crippen LogP contribution in [0.5, 0.6) is 5.75 Å². The van der Waals surface area contributed by atoms with E-state index in [1.54, 1.807) is 6.07 Å². The monoisotopic (exact) mass is 228 g/mol. The Morgan fingerprint density at radius 1 is 1.53 bits per heavy atom. The summed E-state index contributed by atoms with van der Waals surface area (Å²) in [4.78, 5) is 0. The Labute approximate surface area is 93.8 Å². The number of methoxy groups -OCH3 is 1. The summed E-state index contributed by atoms with van der Waals surface area (Å²) in [6.45, 7) is 1.23. The van der Waals surface area contributed by atoms with E-state index in [0.717, 1.165) is 5.56 Å². The maximum atomic E-state index is 13.5. The molecule has 1 aliphatic heterocycles. The number of ether oxygens (including phenoxy) is 2. The van der Waals surface area contributed by atoms with Gasteiger partial charge in [0.1, 0.15) is 0 Å². The van der Waals surface area contributed by atoms with Gasteiger partial charge in [-0.3, -0.25) is 0 Å². The first kappa shape index (κ1) is 10.8. The van der Waals surface area contributed by atoms with Crippen LogP contribution < -0.4 is 4.74 Å². The molecule has 4 heteroatoms. The molecule has 1 saturated heterocycles. The van der Waals surface area contributed by atoms with Crippen molar-refractivity contribution in [2.75, 3.05) is 26.1 Å². The van der Waals surface area contributed by atoms with Crippen molar-refractivity contribution in [3.8, 4) is 5.75 Å². The van der Waals surface area contributed by atoms with Gasteiger partial charge < -0.3 is 9.47 Å². The molecule has 0 amide bonds. The lowest BCUT2D eigenvalue weighted by molar-refractivity contribution is -0.0472. The van der Waals surface area contributed by atoms with E-state index in [1.807, 2.05) is 6.07 Å². The van der Waals surface area contributed by atoms with Gasteiger partial charge in [-0.15, -0.1) is 0 Å². The molecule has 0 saturated carbocycles. The van der Waals surface area contributed by atoms with Crippen LogP contribution in [0.2, 0.25) is 0 Å². The molecule has 0 bridgehead atoms. The zero-order valence-electron chi connectivity index (χ0n) is 8.50. The fraction of sp³-hybridized carbons (Fsp3) is 0.455. The first-order valence-electron chi connectivity index (χ1n) is 4.74. The molecule has 0 N–H and O–H groups in total. The maximum Gasteiger partial charge on any atom is 0.165 e. The average Bonchev–Trinajstić information content (AvgIpc) is 2.17. The summed E-state index contributed by atoms with van der Waals surface area (Å²) in [6.07, 6.45) is 0. The van der Waals surface area contributed by atoms with E-state index in [4.69, 9.17) is 9.47 Å². The van der Waals surface area contributed by atoms with Crippen LogP contribution in [-0.2, 0) is 10.2 Å². The Balaban J connectivity index is 2.33. The van der Waals surface area contributed by atoms with Crippen LogP contribution >= 0.6 is 12.6 Å². The SMILES string of the molecule is COc1ccc(C2(CS)COC2)cc1F. The highest BCUT2D eigenvalue weighted by Gasteiger charge is 2.39. The highest BCUT2D eigenvalue weighted by atomic mass is 32.1. The van der Waals surface area contributed by atoms with Gasteiger partial charge in [-0.2, -0.15) is 12.6 Å². The molecule has 15 heavy (non-hydrogen) atoms. The highest BCUT2D eigenvalue weighted by molar-refractivity contribution is 7.80. The maximum absolute atomic E-state index is 13.5. The molecule has 1 fully saturated rings. The second kappa shape index (κ2) is 4.02. The lowest BCUT2D eigenvalue weighted by atomic mass is 9.80. The van der Waals surface area contributed by atoms with E-state index >= 15 is 0 Å². The van der Waals surface area contributed by atoms with Crippen LogP contribution in [0.25, 0.3) is 0 Å². The van der Waals surface area contributed by atoms with Gasteiger partial charge in [-0.05, 0) is 17.7 Å². The molecule has 1 aliphatic rings. The van der Waals surface area contributed by atoms with Crippen molar-refractivity contribution >= 4 is 12.6 Å². The molecule has 0 unspecified atom stereocenters. The molecular formula is C11H13FO2S. The van der Waals surface area contributed by atoms with Crippen LogP contribution in [-0.4, -0.2) is 26.1 Å². The third-order valence-corrected chi connectivity index (χ3v) is 3.43. The Hall–Kier alpha value is -0.740. The number of benzene rings is 1. The van der Waals surface area contributed by atoms with Crippen molar-refractivity contribution in [1.29, 1.82) is 0 Å². The fourth-order valence-corrected chi connectivity index (χ4v) is 2.06. The average molecular weight is 228 g/mol. The van der Waals surface area contributed by atoms with Crippen LogP contribution in [0.4, 0.5) is 4.39 Å². The van der Waals surface area contributed by atoms with Crippen LogP contribution in [0.15, 0.2) is 18.2 Å². The number of hydrogen-bond donors (Lipinski definition) is 1. The van der Waals surface area contributed by atoms with Gasteiger partial charge in [0.2, 0.25) is 0 Å². The fourth-order valence-electron chi connectivity index (χ4n) is 1.69. The molecule has 82 valence electrons.